The number of hydrogen-bond donors (Lipinski definition) is 0. The van der Waals surface area contributed by atoms with Crippen molar-refractivity contribution >= 4 is 23.3 Å². The van der Waals surface area contributed by atoms with Crippen LogP contribution < -0.4 is 0 Å². The zero-order valence-electron chi connectivity index (χ0n) is 10.7. The van der Waals surface area contributed by atoms with Gasteiger partial charge < -0.3 is 9.47 Å². The van der Waals surface area contributed by atoms with Gasteiger partial charge in [-0.1, -0.05) is 6.92 Å². The summed E-state index contributed by atoms with van der Waals surface area (Å²) < 4.78 is 10.2. The largest absolute Gasteiger partial charge is 0.466 e. The number of rotatable bonds is 7. The van der Waals surface area contributed by atoms with Crippen molar-refractivity contribution in [3.05, 3.63) is 22.4 Å². The van der Waals surface area contributed by atoms with Gasteiger partial charge in [0.1, 0.15) is 6.10 Å². The smallest absolute Gasteiger partial charge is 0.309 e. The minimum Gasteiger partial charge on any atom is -0.466 e. The SMILES string of the molecule is CCCC(=O)O[C@H](CC(=O)OCC)c1ccsc1. The molecule has 0 amide bonds. The normalized spacial score (nSPS) is 11.9. The fourth-order valence-corrected chi connectivity index (χ4v) is 2.18. The van der Waals surface area contributed by atoms with Crippen molar-refractivity contribution in [2.24, 2.45) is 0 Å². The van der Waals surface area contributed by atoms with Gasteiger partial charge in [0.05, 0.1) is 13.0 Å². The van der Waals surface area contributed by atoms with Crippen LogP contribution in [-0.2, 0) is 19.1 Å². The molecular weight excluding hydrogens is 252 g/mol. The van der Waals surface area contributed by atoms with Crippen LogP contribution in [0.25, 0.3) is 0 Å². The summed E-state index contributed by atoms with van der Waals surface area (Å²) in [5, 5.41) is 3.77. The van der Waals surface area contributed by atoms with Gasteiger partial charge in [-0.15, -0.1) is 0 Å². The van der Waals surface area contributed by atoms with Gasteiger partial charge in [-0.25, -0.2) is 0 Å². The zero-order valence-corrected chi connectivity index (χ0v) is 11.5. The molecule has 0 saturated carbocycles. The minimum absolute atomic E-state index is 0.0695. The molecule has 0 aliphatic heterocycles. The molecule has 1 aromatic rings. The Balaban J connectivity index is 2.64. The van der Waals surface area contributed by atoms with Crippen LogP contribution in [0.1, 0.15) is 44.8 Å². The van der Waals surface area contributed by atoms with Crippen molar-refractivity contribution in [2.45, 2.75) is 39.2 Å². The second-order valence-corrected chi connectivity index (χ2v) is 4.57. The van der Waals surface area contributed by atoms with E-state index in [4.69, 9.17) is 9.47 Å². The maximum absolute atomic E-state index is 11.5. The number of carbonyl (C=O) groups excluding carboxylic acids is 2. The Hall–Kier alpha value is -1.36. The molecule has 100 valence electrons. The highest BCUT2D eigenvalue weighted by Crippen LogP contribution is 2.24. The summed E-state index contributed by atoms with van der Waals surface area (Å²) in [6.45, 7) is 3.99. The lowest BCUT2D eigenvalue weighted by Crippen LogP contribution is -2.16. The van der Waals surface area contributed by atoms with Crippen LogP contribution in [0.4, 0.5) is 0 Å². The van der Waals surface area contributed by atoms with Crippen molar-refractivity contribution < 1.29 is 19.1 Å². The second-order valence-electron chi connectivity index (χ2n) is 3.79. The first kappa shape index (κ1) is 14.7. The highest BCUT2D eigenvalue weighted by molar-refractivity contribution is 7.07. The lowest BCUT2D eigenvalue weighted by atomic mass is 10.1. The third-order valence-electron chi connectivity index (χ3n) is 2.30. The van der Waals surface area contributed by atoms with Crippen molar-refractivity contribution in [3.8, 4) is 0 Å². The molecule has 0 spiro atoms. The summed E-state index contributed by atoms with van der Waals surface area (Å²) in [6, 6.07) is 1.85. The summed E-state index contributed by atoms with van der Waals surface area (Å²) in [5.74, 6) is -0.629. The van der Waals surface area contributed by atoms with Gasteiger partial charge in [0.25, 0.3) is 0 Å². The fraction of sp³-hybridized carbons (Fsp3) is 0.538. The lowest BCUT2D eigenvalue weighted by molar-refractivity contribution is -0.155. The Bertz CT molecular complexity index is 352. The van der Waals surface area contributed by atoms with Crippen LogP contribution in [-0.4, -0.2) is 18.5 Å². The third kappa shape index (κ3) is 4.87. The summed E-state index contributed by atoms with van der Waals surface area (Å²) in [5.41, 5.74) is 0.845. The number of ether oxygens (including phenoxy) is 2. The monoisotopic (exact) mass is 270 g/mol. The molecule has 0 unspecified atom stereocenters. The molecule has 1 aromatic heterocycles. The van der Waals surface area contributed by atoms with E-state index in [0.29, 0.717) is 13.0 Å². The quantitative estimate of drug-likeness (QED) is 0.714. The summed E-state index contributed by atoms with van der Waals surface area (Å²) in [4.78, 5) is 23.0. The van der Waals surface area contributed by atoms with E-state index in [1.165, 1.54) is 11.3 Å². The molecule has 0 aliphatic rings. The highest BCUT2D eigenvalue weighted by Gasteiger charge is 2.21. The van der Waals surface area contributed by atoms with Gasteiger partial charge in [0.2, 0.25) is 0 Å². The molecule has 0 fully saturated rings. The van der Waals surface area contributed by atoms with E-state index >= 15 is 0 Å². The lowest BCUT2D eigenvalue weighted by Gasteiger charge is -2.16. The van der Waals surface area contributed by atoms with Crippen molar-refractivity contribution in [1.29, 1.82) is 0 Å². The number of thiophene rings is 1. The average molecular weight is 270 g/mol. The van der Waals surface area contributed by atoms with E-state index in [1.54, 1.807) is 6.92 Å². The Morgan fingerprint density at radius 1 is 1.33 bits per heavy atom. The zero-order chi connectivity index (χ0) is 13.4. The molecule has 0 N–H and O–H groups in total. The molecule has 1 heterocycles. The maximum Gasteiger partial charge on any atom is 0.309 e. The predicted octanol–water partition coefficient (Wildman–Crippen LogP) is 3.09. The molecule has 0 aromatic carbocycles. The predicted molar refractivity (Wildman–Crippen MR) is 69.3 cm³/mol. The van der Waals surface area contributed by atoms with E-state index in [2.05, 4.69) is 0 Å². The van der Waals surface area contributed by atoms with Gasteiger partial charge >= 0.3 is 11.9 Å². The fourth-order valence-electron chi connectivity index (χ4n) is 1.48. The Morgan fingerprint density at radius 3 is 2.67 bits per heavy atom. The van der Waals surface area contributed by atoms with E-state index in [0.717, 1.165) is 12.0 Å². The van der Waals surface area contributed by atoms with E-state index < -0.39 is 6.10 Å². The summed E-state index contributed by atoms with van der Waals surface area (Å²) >= 11 is 1.51. The van der Waals surface area contributed by atoms with Gasteiger partial charge in [-0.2, -0.15) is 11.3 Å². The Labute approximate surface area is 111 Å². The molecule has 5 heteroatoms. The van der Waals surface area contributed by atoms with Gasteiger partial charge in [-0.3, -0.25) is 9.59 Å². The van der Waals surface area contributed by atoms with Gasteiger partial charge in [0.15, 0.2) is 0 Å². The van der Waals surface area contributed by atoms with Crippen molar-refractivity contribution in [1.82, 2.24) is 0 Å². The second kappa shape index (κ2) is 7.87. The molecule has 4 nitrogen and oxygen atoms in total. The van der Waals surface area contributed by atoms with Gasteiger partial charge in [-0.05, 0) is 30.2 Å². The molecule has 18 heavy (non-hydrogen) atoms. The molecule has 0 saturated heterocycles. The topological polar surface area (TPSA) is 52.6 Å². The molecule has 0 bridgehead atoms. The molecular formula is C13H18O4S. The Kier molecular flexibility index (Phi) is 6.43. The first-order valence-electron chi connectivity index (χ1n) is 6.04. The van der Waals surface area contributed by atoms with Crippen molar-refractivity contribution in [2.75, 3.05) is 6.61 Å². The molecule has 0 radical (unpaired) electrons. The first-order chi connectivity index (χ1) is 8.67. The average Bonchev–Trinajstić information content (AvgIpc) is 2.82. The standard InChI is InChI=1S/C13H18O4S/c1-3-5-12(14)17-11(8-13(15)16-4-2)10-6-7-18-9-10/h6-7,9,11H,3-5,8H2,1-2H3/t11-/m1/s1. The highest BCUT2D eigenvalue weighted by atomic mass is 32.1. The van der Waals surface area contributed by atoms with Crippen LogP contribution >= 0.6 is 11.3 Å². The summed E-state index contributed by atoms with van der Waals surface area (Å²) in [6.07, 6.45) is 0.632. The van der Waals surface area contributed by atoms with E-state index in [9.17, 15) is 9.59 Å². The Morgan fingerprint density at radius 2 is 2.11 bits per heavy atom. The van der Waals surface area contributed by atoms with Crippen molar-refractivity contribution in [3.63, 3.8) is 0 Å². The summed E-state index contributed by atoms with van der Waals surface area (Å²) in [7, 11) is 0. The number of hydrogen-bond acceptors (Lipinski definition) is 5. The van der Waals surface area contributed by atoms with Gasteiger partial charge in [0, 0.05) is 12.0 Å². The maximum atomic E-state index is 11.5. The minimum atomic E-state index is -0.533. The third-order valence-corrected chi connectivity index (χ3v) is 3.00. The van der Waals surface area contributed by atoms with Crippen LogP contribution in [0, 0.1) is 0 Å². The number of carbonyl (C=O) groups is 2. The van der Waals surface area contributed by atoms with Crippen LogP contribution in [0.2, 0.25) is 0 Å². The molecule has 1 rings (SSSR count). The van der Waals surface area contributed by atoms with Crippen LogP contribution in [0.5, 0.6) is 0 Å². The molecule has 1 atom stereocenters. The molecule has 0 aliphatic carbocycles. The van der Waals surface area contributed by atoms with Crippen LogP contribution in [0.3, 0.4) is 0 Å². The van der Waals surface area contributed by atoms with E-state index in [-0.39, 0.29) is 18.4 Å². The van der Waals surface area contributed by atoms with Crippen LogP contribution in [0.15, 0.2) is 16.8 Å². The number of esters is 2. The first-order valence-corrected chi connectivity index (χ1v) is 6.98. The van der Waals surface area contributed by atoms with E-state index in [1.807, 2.05) is 23.8 Å².